The molecule has 0 fully saturated rings. The number of hydrogen-bond donors (Lipinski definition) is 2. The van der Waals surface area contributed by atoms with E-state index in [0.29, 0.717) is 23.5 Å². The average molecular weight is 312 g/mol. The van der Waals surface area contributed by atoms with E-state index < -0.39 is 0 Å². The van der Waals surface area contributed by atoms with E-state index in [-0.39, 0.29) is 11.3 Å². The van der Waals surface area contributed by atoms with Gasteiger partial charge in [0, 0.05) is 17.8 Å². The summed E-state index contributed by atoms with van der Waals surface area (Å²) in [5, 5.41) is 2.93. The first-order valence-corrected chi connectivity index (χ1v) is 7.67. The van der Waals surface area contributed by atoms with Gasteiger partial charge < -0.3 is 15.8 Å². The molecule has 0 atom stereocenters. The molecule has 0 aliphatic heterocycles. The minimum Gasteiger partial charge on any atom is -0.457 e. The summed E-state index contributed by atoms with van der Waals surface area (Å²) in [6.07, 6.45) is 0. The van der Waals surface area contributed by atoms with Crippen LogP contribution in [0.15, 0.2) is 42.5 Å². The molecule has 0 heterocycles. The van der Waals surface area contributed by atoms with Crippen molar-refractivity contribution in [1.82, 2.24) is 5.32 Å². The van der Waals surface area contributed by atoms with Crippen molar-refractivity contribution in [1.29, 1.82) is 0 Å². The lowest BCUT2D eigenvalue weighted by atomic mass is 9.97. The molecule has 1 amide bonds. The number of anilines is 1. The molecular formula is C19H24N2O2. The van der Waals surface area contributed by atoms with Crippen LogP contribution in [0.3, 0.4) is 0 Å². The zero-order chi connectivity index (χ0) is 17.0. The molecule has 2 rings (SSSR count). The van der Waals surface area contributed by atoms with Gasteiger partial charge in [0.1, 0.15) is 11.5 Å². The van der Waals surface area contributed by atoms with Crippen LogP contribution in [-0.2, 0) is 0 Å². The molecule has 3 N–H and O–H groups in total. The highest BCUT2D eigenvalue weighted by Crippen LogP contribution is 2.26. The second kappa shape index (κ2) is 6.73. The van der Waals surface area contributed by atoms with Crippen molar-refractivity contribution >= 4 is 11.6 Å². The molecule has 0 spiro atoms. The Bertz CT molecular complexity index is 686. The van der Waals surface area contributed by atoms with Crippen molar-refractivity contribution < 1.29 is 9.53 Å². The summed E-state index contributed by atoms with van der Waals surface area (Å²) in [6, 6.07) is 12.6. The van der Waals surface area contributed by atoms with E-state index >= 15 is 0 Å². The first kappa shape index (κ1) is 16.9. The van der Waals surface area contributed by atoms with Crippen molar-refractivity contribution in [3.05, 3.63) is 53.6 Å². The second-order valence-corrected chi connectivity index (χ2v) is 6.89. The van der Waals surface area contributed by atoms with Crippen molar-refractivity contribution in [2.24, 2.45) is 5.41 Å². The topological polar surface area (TPSA) is 64.3 Å². The van der Waals surface area contributed by atoms with Crippen LogP contribution < -0.4 is 15.8 Å². The number of benzene rings is 2. The number of hydrogen-bond acceptors (Lipinski definition) is 3. The molecule has 0 saturated carbocycles. The van der Waals surface area contributed by atoms with Crippen LogP contribution in [0.4, 0.5) is 5.69 Å². The van der Waals surface area contributed by atoms with Crippen molar-refractivity contribution in [2.75, 3.05) is 12.3 Å². The van der Waals surface area contributed by atoms with E-state index in [0.717, 1.165) is 11.3 Å². The Morgan fingerprint density at radius 1 is 1.13 bits per heavy atom. The van der Waals surface area contributed by atoms with Crippen LogP contribution in [-0.4, -0.2) is 12.5 Å². The molecule has 0 aliphatic carbocycles. The van der Waals surface area contributed by atoms with Gasteiger partial charge in [-0.2, -0.15) is 0 Å². The normalized spacial score (nSPS) is 11.1. The van der Waals surface area contributed by atoms with E-state index in [1.54, 1.807) is 30.3 Å². The summed E-state index contributed by atoms with van der Waals surface area (Å²) in [6.45, 7) is 8.83. The molecule has 4 heteroatoms. The number of ether oxygens (including phenoxy) is 1. The number of aryl methyl sites for hydroxylation is 1. The third-order valence-electron chi connectivity index (χ3n) is 3.32. The van der Waals surface area contributed by atoms with E-state index in [4.69, 9.17) is 10.5 Å². The Labute approximate surface area is 137 Å². The predicted molar refractivity (Wildman–Crippen MR) is 93.9 cm³/mol. The Hall–Kier alpha value is -2.49. The molecule has 2 aromatic carbocycles. The van der Waals surface area contributed by atoms with Crippen LogP contribution in [0.25, 0.3) is 0 Å². The fraction of sp³-hybridized carbons (Fsp3) is 0.316. The third-order valence-corrected chi connectivity index (χ3v) is 3.32. The SMILES string of the molecule is Cc1cc(N)ccc1Oc1ccc(C(=O)NCC(C)(C)C)cc1. The molecule has 23 heavy (non-hydrogen) atoms. The summed E-state index contributed by atoms with van der Waals surface area (Å²) in [5.41, 5.74) is 8.09. The summed E-state index contributed by atoms with van der Waals surface area (Å²) in [4.78, 5) is 12.1. The number of carbonyl (C=O) groups excluding carboxylic acids is 1. The Kier molecular flexibility index (Phi) is 4.94. The van der Waals surface area contributed by atoms with Gasteiger partial charge in [-0.05, 0) is 60.4 Å². The Morgan fingerprint density at radius 2 is 1.78 bits per heavy atom. The fourth-order valence-electron chi connectivity index (χ4n) is 2.04. The molecule has 0 radical (unpaired) electrons. The van der Waals surface area contributed by atoms with Crippen LogP contribution >= 0.6 is 0 Å². The first-order valence-electron chi connectivity index (χ1n) is 7.67. The van der Waals surface area contributed by atoms with E-state index in [9.17, 15) is 4.79 Å². The molecule has 0 bridgehead atoms. The minimum absolute atomic E-state index is 0.0609. The van der Waals surface area contributed by atoms with Gasteiger partial charge in [0.2, 0.25) is 0 Å². The zero-order valence-electron chi connectivity index (χ0n) is 14.1. The van der Waals surface area contributed by atoms with Gasteiger partial charge in [0.15, 0.2) is 0 Å². The highest BCUT2D eigenvalue weighted by Gasteiger charge is 2.13. The van der Waals surface area contributed by atoms with Gasteiger partial charge in [0.25, 0.3) is 5.91 Å². The highest BCUT2D eigenvalue weighted by molar-refractivity contribution is 5.94. The van der Waals surface area contributed by atoms with Crippen molar-refractivity contribution in [2.45, 2.75) is 27.7 Å². The van der Waals surface area contributed by atoms with E-state index in [2.05, 4.69) is 26.1 Å². The fourth-order valence-corrected chi connectivity index (χ4v) is 2.04. The molecule has 2 aromatic rings. The maximum atomic E-state index is 12.1. The van der Waals surface area contributed by atoms with Gasteiger partial charge in [-0.1, -0.05) is 20.8 Å². The van der Waals surface area contributed by atoms with Gasteiger partial charge in [-0.25, -0.2) is 0 Å². The van der Waals surface area contributed by atoms with Crippen LogP contribution in [0.2, 0.25) is 0 Å². The number of carbonyl (C=O) groups is 1. The summed E-state index contributed by atoms with van der Waals surface area (Å²) in [5.74, 6) is 1.37. The number of nitrogens with one attached hydrogen (secondary N) is 1. The van der Waals surface area contributed by atoms with Crippen LogP contribution in [0.1, 0.15) is 36.7 Å². The Morgan fingerprint density at radius 3 is 2.35 bits per heavy atom. The van der Waals surface area contributed by atoms with Gasteiger partial charge in [-0.3, -0.25) is 4.79 Å². The Balaban J connectivity index is 2.03. The monoisotopic (exact) mass is 312 g/mol. The van der Waals surface area contributed by atoms with Crippen molar-refractivity contribution in [3.8, 4) is 11.5 Å². The predicted octanol–water partition coefficient (Wildman–Crippen LogP) is 4.15. The molecule has 0 aromatic heterocycles. The number of amides is 1. The number of rotatable bonds is 4. The first-order chi connectivity index (χ1) is 10.7. The summed E-state index contributed by atoms with van der Waals surface area (Å²) >= 11 is 0. The lowest BCUT2D eigenvalue weighted by Gasteiger charge is -2.18. The van der Waals surface area contributed by atoms with E-state index in [1.165, 1.54) is 0 Å². The maximum Gasteiger partial charge on any atom is 0.251 e. The van der Waals surface area contributed by atoms with Gasteiger partial charge in [-0.15, -0.1) is 0 Å². The van der Waals surface area contributed by atoms with Crippen LogP contribution in [0, 0.1) is 12.3 Å². The maximum absolute atomic E-state index is 12.1. The molecule has 0 saturated heterocycles. The molecule has 122 valence electrons. The minimum atomic E-state index is -0.0739. The standard InChI is InChI=1S/C19H24N2O2/c1-13-11-15(20)7-10-17(13)23-16-8-5-14(6-9-16)18(22)21-12-19(2,3)4/h5-11H,12,20H2,1-4H3,(H,21,22). The smallest absolute Gasteiger partial charge is 0.251 e. The lowest BCUT2D eigenvalue weighted by Crippen LogP contribution is -2.32. The molecular weight excluding hydrogens is 288 g/mol. The molecule has 0 unspecified atom stereocenters. The summed E-state index contributed by atoms with van der Waals surface area (Å²) in [7, 11) is 0. The number of nitrogen functional groups attached to an aromatic ring is 1. The highest BCUT2D eigenvalue weighted by atomic mass is 16.5. The zero-order valence-corrected chi connectivity index (χ0v) is 14.1. The van der Waals surface area contributed by atoms with E-state index in [1.807, 2.05) is 19.1 Å². The lowest BCUT2D eigenvalue weighted by molar-refractivity contribution is 0.0939. The second-order valence-electron chi connectivity index (χ2n) is 6.89. The van der Waals surface area contributed by atoms with Gasteiger partial charge in [0.05, 0.1) is 0 Å². The van der Waals surface area contributed by atoms with Gasteiger partial charge >= 0.3 is 0 Å². The number of nitrogens with two attached hydrogens (primary N) is 1. The third kappa shape index (κ3) is 5.02. The van der Waals surface area contributed by atoms with Crippen LogP contribution in [0.5, 0.6) is 11.5 Å². The van der Waals surface area contributed by atoms with Crippen molar-refractivity contribution in [3.63, 3.8) is 0 Å². The largest absolute Gasteiger partial charge is 0.457 e. The molecule has 4 nitrogen and oxygen atoms in total. The quantitative estimate of drug-likeness (QED) is 0.834. The average Bonchev–Trinajstić information content (AvgIpc) is 2.48. The summed E-state index contributed by atoms with van der Waals surface area (Å²) < 4.78 is 5.83. The molecule has 0 aliphatic rings.